The van der Waals surface area contributed by atoms with Crippen LogP contribution < -0.4 is 0 Å². The zero-order valence-electron chi connectivity index (χ0n) is 70.7. The molecule has 0 radical (unpaired) electrons. The quantitative estimate of drug-likeness (QED) is 0.115. The molecule has 14 nitrogen and oxygen atoms in total. The molecule has 15 heteroatoms. The van der Waals surface area contributed by atoms with Crippen LogP contribution in [-0.2, 0) is 0 Å². The first-order valence-corrected chi connectivity index (χ1v) is 44.7. The lowest BCUT2D eigenvalue weighted by Gasteiger charge is -2.12. The Labute approximate surface area is 759 Å². The Kier molecular flexibility index (Phi) is 18.7. The molecule has 0 N–H and O–H groups in total. The first-order valence-electron chi connectivity index (χ1n) is 43.9. The molecule has 0 unspecified atom stereocenters. The van der Waals surface area contributed by atoms with E-state index in [0.717, 1.165) is 144 Å². The van der Waals surface area contributed by atoms with Gasteiger partial charge in [0.15, 0.2) is 63.6 Å². The third-order valence-electron chi connectivity index (χ3n) is 24.7. The van der Waals surface area contributed by atoms with Crippen LogP contribution in [0.2, 0.25) is 0 Å². The van der Waals surface area contributed by atoms with E-state index >= 15 is 0 Å². The summed E-state index contributed by atoms with van der Waals surface area (Å²) in [5.41, 5.74) is 21.9. The van der Waals surface area contributed by atoms with Crippen molar-refractivity contribution >= 4 is 141 Å². The normalized spacial score (nSPS) is 11.6. The molecule has 9 aromatic heterocycles. The lowest BCUT2D eigenvalue weighted by molar-refractivity contribution is 0.670. The highest BCUT2D eigenvalue weighted by molar-refractivity contribution is 7.26. The van der Waals surface area contributed by atoms with E-state index in [9.17, 15) is 0 Å². The molecule has 9 heterocycles. The number of aromatic nitrogens is 12. The van der Waals surface area contributed by atoms with Crippen LogP contribution in [0.1, 0.15) is 0 Å². The van der Waals surface area contributed by atoms with Crippen LogP contribution >= 0.6 is 11.3 Å². The largest absolute Gasteiger partial charge is 0.454 e. The predicted molar refractivity (Wildman–Crippen MR) is 539 cm³/mol. The van der Waals surface area contributed by atoms with Gasteiger partial charge in [-0.25, -0.2) is 44.9 Å². The van der Waals surface area contributed by atoms with E-state index in [-0.39, 0.29) is 0 Å². The standard InChI is InChI=1S/2C39H24N4O.C39H24N4S/c1-3-12-25(13-4-1)37-40-38(26-14-5-2-6-15-26)42-39(41-37)27-16-11-17-28(24-27)43-33-20-9-7-18-29(33)31-22-23-32-30-19-8-10-21-34(30)44-36(32)35(31)43;1-3-11-25(12-4-1)37-40-38(26-13-5-2-6-14-26)42-39(41-37)27-19-21-28(22-20-27)43-33-17-9-7-15-29(33)31-23-24-32-30-16-8-10-18-34(30)44-36(32)35(31)43;1-3-12-25(13-4-1)37-40-38(26-14-5-2-6-15-26)42-39(41-37)27-16-11-17-28(24-27)43-33-20-9-7-18-29(33)31-22-23-32-30-19-8-10-21-34(30)44-36(32)35(31)43/h3*1-24H. The van der Waals surface area contributed by atoms with Crippen LogP contribution in [-0.4, -0.2) is 58.6 Å². The smallest absolute Gasteiger partial charge is 0.164 e. The van der Waals surface area contributed by atoms with E-state index in [1.165, 1.54) is 52.8 Å². The Hall–Kier alpha value is -17.8. The van der Waals surface area contributed by atoms with E-state index in [0.29, 0.717) is 52.4 Å². The summed E-state index contributed by atoms with van der Waals surface area (Å²) >= 11 is 1.86. The minimum Gasteiger partial charge on any atom is -0.454 e. The number of rotatable bonds is 12. The molecule has 0 atom stereocenters. The maximum atomic E-state index is 6.55. The number of fused-ring (bicyclic) bond motifs is 21. The zero-order valence-corrected chi connectivity index (χ0v) is 71.5. The second kappa shape index (κ2) is 32.3. The highest BCUT2D eigenvalue weighted by atomic mass is 32.1. The van der Waals surface area contributed by atoms with E-state index in [2.05, 4.69) is 244 Å². The Bertz CT molecular complexity index is 8630. The minimum absolute atomic E-state index is 0.620. The third kappa shape index (κ3) is 13.5. The van der Waals surface area contributed by atoms with Crippen molar-refractivity contribution < 1.29 is 8.83 Å². The van der Waals surface area contributed by atoms with Crippen molar-refractivity contribution in [2.45, 2.75) is 0 Å². The van der Waals surface area contributed by atoms with E-state index in [1.54, 1.807) is 0 Å². The summed E-state index contributed by atoms with van der Waals surface area (Å²) in [6, 6.07) is 150. The van der Waals surface area contributed by atoms with Crippen LogP contribution in [0.25, 0.3) is 249 Å². The van der Waals surface area contributed by atoms with Gasteiger partial charge in [-0.15, -0.1) is 11.3 Å². The summed E-state index contributed by atoms with van der Waals surface area (Å²) in [6.45, 7) is 0. The maximum absolute atomic E-state index is 6.55. The summed E-state index contributed by atoms with van der Waals surface area (Å²) in [5, 5.41) is 14.2. The SMILES string of the molecule is c1ccc(-c2nc(-c3ccccc3)nc(-c3ccc(-n4c5ccccc5c5ccc6c7ccccc7oc6c54)cc3)n2)cc1.c1ccc(-c2nc(-c3ccccc3)nc(-c3cccc(-n4c5ccccc5c5ccc6c7ccccc7oc6c54)c3)n2)cc1.c1ccc(-c2nc(-c3ccccc3)nc(-c3cccc(-n4c5ccccc5c5ccc6c7ccccc7sc6c54)c3)n2)cc1. The van der Waals surface area contributed by atoms with Crippen LogP contribution in [0.15, 0.2) is 446 Å². The molecule has 0 aliphatic carbocycles. The number of furan rings is 2. The lowest BCUT2D eigenvalue weighted by Crippen LogP contribution is -2.01. The van der Waals surface area contributed by atoms with Crippen LogP contribution in [0.5, 0.6) is 0 Å². The fraction of sp³-hybridized carbons (Fsp3) is 0. The average molecular weight is 1710 g/mol. The van der Waals surface area contributed by atoms with E-state index < -0.39 is 0 Å². The first kappa shape index (κ1) is 76.6. The highest BCUT2D eigenvalue weighted by Gasteiger charge is 2.26. The maximum Gasteiger partial charge on any atom is 0.164 e. The molecule has 0 fully saturated rings. The lowest BCUT2D eigenvalue weighted by atomic mass is 10.1. The number of hydrogen-bond donors (Lipinski definition) is 0. The van der Waals surface area contributed by atoms with Crippen molar-refractivity contribution in [3.63, 3.8) is 0 Å². The highest BCUT2D eigenvalue weighted by Crippen LogP contribution is 2.47. The number of thiophene rings is 1. The second-order valence-corrected chi connectivity index (χ2v) is 33.7. The van der Waals surface area contributed by atoms with Gasteiger partial charge < -0.3 is 22.5 Å². The Morgan fingerprint density at radius 1 is 0.174 bits per heavy atom. The summed E-state index contributed by atoms with van der Waals surface area (Å²) in [7, 11) is 0. The van der Waals surface area contributed by atoms with Gasteiger partial charge in [0, 0.05) is 136 Å². The molecule has 0 bridgehead atoms. The molecule has 0 spiro atoms. The molecule has 0 saturated carbocycles. The van der Waals surface area contributed by atoms with Crippen molar-refractivity contribution in [2.75, 3.05) is 0 Å². The van der Waals surface area contributed by atoms with E-state index in [4.69, 9.17) is 53.7 Å². The molecule has 618 valence electrons. The van der Waals surface area contributed by atoms with Gasteiger partial charge in [-0.3, -0.25) is 0 Å². The number of nitrogens with zero attached hydrogens (tertiary/aromatic N) is 12. The van der Waals surface area contributed by atoms with Crippen LogP contribution in [0.4, 0.5) is 0 Å². The average Bonchev–Trinajstić information content (AvgIpc) is 1.57. The third-order valence-corrected chi connectivity index (χ3v) is 25.9. The first-order chi connectivity index (χ1) is 65.4. The molecule has 132 heavy (non-hydrogen) atoms. The summed E-state index contributed by atoms with van der Waals surface area (Å²) in [6.07, 6.45) is 0. The zero-order chi connectivity index (χ0) is 87.1. The summed E-state index contributed by atoms with van der Waals surface area (Å²) in [4.78, 5) is 44.4. The molecule has 27 rings (SSSR count). The summed E-state index contributed by atoms with van der Waals surface area (Å²) in [5.74, 6) is 5.78. The van der Waals surface area contributed by atoms with Gasteiger partial charge in [0.25, 0.3) is 0 Å². The Morgan fingerprint density at radius 2 is 0.439 bits per heavy atom. The van der Waals surface area contributed by atoms with Gasteiger partial charge in [-0.1, -0.05) is 340 Å². The molecule has 0 aliphatic rings. The molecule has 0 saturated heterocycles. The van der Waals surface area contributed by atoms with Gasteiger partial charge in [0.1, 0.15) is 11.2 Å². The number of hydrogen-bond acceptors (Lipinski definition) is 12. The molecule has 27 aromatic rings. The molecular formula is C117H72N12O2S. The van der Waals surface area contributed by atoms with Crippen molar-refractivity contribution in [3.05, 3.63) is 437 Å². The van der Waals surface area contributed by atoms with E-state index in [1.807, 2.05) is 218 Å². The monoisotopic (exact) mass is 1710 g/mol. The molecule has 0 amide bonds. The van der Waals surface area contributed by atoms with Crippen molar-refractivity contribution in [3.8, 4) is 120 Å². The van der Waals surface area contributed by atoms with Crippen molar-refractivity contribution in [1.29, 1.82) is 0 Å². The van der Waals surface area contributed by atoms with Crippen LogP contribution in [0, 0.1) is 0 Å². The Balaban J connectivity index is 0.000000106. The molecule has 0 aliphatic heterocycles. The van der Waals surface area contributed by atoms with Crippen molar-refractivity contribution in [2.24, 2.45) is 0 Å². The molecule has 18 aromatic carbocycles. The number of para-hydroxylation sites is 5. The number of benzene rings is 18. The second-order valence-electron chi connectivity index (χ2n) is 32.6. The fourth-order valence-electron chi connectivity index (χ4n) is 18.6. The predicted octanol–water partition coefficient (Wildman–Crippen LogP) is 30.1. The van der Waals surface area contributed by atoms with Gasteiger partial charge >= 0.3 is 0 Å². The minimum atomic E-state index is 0.620. The Morgan fingerprint density at radius 3 is 0.811 bits per heavy atom. The van der Waals surface area contributed by atoms with Gasteiger partial charge in [-0.2, -0.15) is 0 Å². The van der Waals surface area contributed by atoms with Gasteiger partial charge in [0.2, 0.25) is 0 Å². The van der Waals surface area contributed by atoms with Crippen molar-refractivity contribution in [1.82, 2.24) is 58.6 Å². The topological polar surface area (TPSA) is 157 Å². The van der Waals surface area contributed by atoms with Crippen LogP contribution in [0.3, 0.4) is 0 Å². The molecular weight excluding hydrogens is 1640 g/mol. The van der Waals surface area contributed by atoms with Gasteiger partial charge in [0.05, 0.1) is 37.8 Å². The van der Waals surface area contributed by atoms with Gasteiger partial charge in [-0.05, 0) is 97.1 Å². The fourth-order valence-corrected chi connectivity index (χ4v) is 19.9. The summed E-state index contributed by atoms with van der Waals surface area (Å²) < 4.78 is 22.7.